The molecular formula is C5H7N2O2. The number of nitrogens with zero attached hydrogens (tertiary/aromatic N) is 1. The summed E-state index contributed by atoms with van der Waals surface area (Å²) in [5, 5.41) is 0. The molecule has 1 radical (unpaired) electrons. The fourth-order valence-electron chi connectivity index (χ4n) is 0.738. The molecule has 0 bridgehead atoms. The number of amides is 2. The Bertz CT molecular complexity index is 139. The minimum atomic E-state index is -0.523. The van der Waals surface area contributed by atoms with Crippen LogP contribution in [0, 0.1) is 5.92 Å². The molecule has 1 rings (SSSR count). The third kappa shape index (κ3) is 0.872. The van der Waals surface area contributed by atoms with Crippen molar-refractivity contribution in [2.45, 2.75) is 13.3 Å². The Morgan fingerprint density at radius 3 is 2.56 bits per heavy atom. The third-order valence-corrected chi connectivity index (χ3v) is 1.30. The summed E-state index contributed by atoms with van der Waals surface area (Å²) in [5.74, 6) is -1.14. The second-order valence-electron chi connectivity index (χ2n) is 1.89. The van der Waals surface area contributed by atoms with Crippen LogP contribution in [0.4, 0.5) is 0 Å². The molecule has 1 aliphatic heterocycles. The van der Waals surface area contributed by atoms with E-state index in [1.807, 2.05) is 0 Å². The Labute approximate surface area is 52.6 Å². The van der Waals surface area contributed by atoms with Gasteiger partial charge in [0.15, 0.2) is 0 Å². The first-order valence-electron chi connectivity index (χ1n) is 2.80. The molecule has 1 fully saturated rings. The van der Waals surface area contributed by atoms with Gasteiger partial charge in [-0.2, -0.15) is 0 Å². The molecule has 1 unspecified atom stereocenters. The van der Waals surface area contributed by atoms with Crippen LogP contribution in [0.5, 0.6) is 0 Å². The Hall–Kier alpha value is -1.06. The normalized spacial score (nSPS) is 19.7. The minimum absolute atomic E-state index is 0.275. The van der Waals surface area contributed by atoms with E-state index in [-0.39, 0.29) is 11.8 Å². The summed E-state index contributed by atoms with van der Waals surface area (Å²) in [5.41, 5.74) is 5.34. The molecule has 4 nitrogen and oxygen atoms in total. The zero-order chi connectivity index (χ0) is 6.85. The van der Waals surface area contributed by atoms with Crippen LogP contribution in [0.2, 0.25) is 0 Å². The highest BCUT2D eigenvalue weighted by Gasteiger charge is 2.32. The van der Waals surface area contributed by atoms with Gasteiger partial charge in [0.05, 0.1) is 0 Å². The summed E-state index contributed by atoms with van der Waals surface area (Å²) < 4.78 is 0. The standard InChI is InChI=1S/C5H7N2O2/c1-2-3-4(8)6-7-5(3)9/h3H,2H2,1H3,(H,6,8). The summed E-state index contributed by atoms with van der Waals surface area (Å²) in [6, 6.07) is 0. The predicted molar refractivity (Wildman–Crippen MR) is 29.1 cm³/mol. The van der Waals surface area contributed by atoms with Crippen molar-refractivity contribution in [2.75, 3.05) is 0 Å². The Morgan fingerprint density at radius 1 is 1.67 bits per heavy atom. The van der Waals surface area contributed by atoms with Crippen LogP contribution in [0.15, 0.2) is 0 Å². The van der Waals surface area contributed by atoms with Gasteiger partial charge >= 0.3 is 0 Å². The number of hydrogen-bond donors (Lipinski definition) is 1. The van der Waals surface area contributed by atoms with Gasteiger partial charge in [-0.25, -0.2) is 5.43 Å². The van der Waals surface area contributed by atoms with E-state index in [4.69, 9.17) is 0 Å². The van der Waals surface area contributed by atoms with Gasteiger partial charge in [-0.3, -0.25) is 9.59 Å². The number of carbonyl (C=O) groups excluding carboxylic acids is 2. The highest BCUT2D eigenvalue weighted by Crippen LogP contribution is 2.06. The lowest BCUT2D eigenvalue weighted by Crippen LogP contribution is -2.21. The second-order valence-corrected chi connectivity index (χ2v) is 1.89. The number of rotatable bonds is 1. The van der Waals surface area contributed by atoms with Crippen molar-refractivity contribution >= 4 is 11.8 Å². The molecule has 1 atom stereocenters. The summed E-state index contributed by atoms with van der Waals surface area (Å²) in [7, 11) is 0. The van der Waals surface area contributed by atoms with Crippen molar-refractivity contribution in [1.82, 2.24) is 10.9 Å². The number of carbonyl (C=O) groups is 2. The average Bonchev–Trinajstić information content (AvgIpc) is 2.12. The Kier molecular flexibility index (Phi) is 1.38. The summed E-state index contributed by atoms with van der Waals surface area (Å²) >= 11 is 0. The van der Waals surface area contributed by atoms with E-state index < -0.39 is 5.92 Å². The number of hydrogen-bond acceptors (Lipinski definition) is 2. The van der Waals surface area contributed by atoms with Crippen molar-refractivity contribution in [3.05, 3.63) is 0 Å². The minimum Gasteiger partial charge on any atom is -0.272 e. The van der Waals surface area contributed by atoms with Crippen molar-refractivity contribution in [1.29, 1.82) is 0 Å². The van der Waals surface area contributed by atoms with E-state index in [2.05, 4.69) is 10.9 Å². The molecule has 0 aliphatic carbocycles. The van der Waals surface area contributed by atoms with Crippen molar-refractivity contribution in [2.24, 2.45) is 5.92 Å². The van der Waals surface area contributed by atoms with E-state index in [0.717, 1.165) is 0 Å². The molecule has 0 spiro atoms. The first-order chi connectivity index (χ1) is 4.25. The maximum atomic E-state index is 10.6. The van der Waals surface area contributed by atoms with Gasteiger partial charge in [-0.15, -0.1) is 5.43 Å². The summed E-state index contributed by atoms with van der Waals surface area (Å²) in [6.07, 6.45) is 0.536. The summed E-state index contributed by atoms with van der Waals surface area (Å²) in [6.45, 7) is 1.78. The SMILES string of the molecule is CCC1C(=O)[N]NC1=O. The molecule has 0 aromatic heterocycles. The molecule has 0 saturated carbocycles. The molecule has 2 amide bonds. The fraction of sp³-hybridized carbons (Fsp3) is 0.600. The molecule has 49 valence electrons. The van der Waals surface area contributed by atoms with Gasteiger partial charge in [0.1, 0.15) is 5.92 Å². The zero-order valence-corrected chi connectivity index (χ0v) is 5.05. The van der Waals surface area contributed by atoms with E-state index >= 15 is 0 Å². The van der Waals surface area contributed by atoms with Crippen molar-refractivity contribution < 1.29 is 9.59 Å². The fourth-order valence-corrected chi connectivity index (χ4v) is 0.738. The predicted octanol–water partition coefficient (Wildman–Crippen LogP) is -0.812. The Morgan fingerprint density at radius 2 is 2.33 bits per heavy atom. The van der Waals surface area contributed by atoms with Gasteiger partial charge < -0.3 is 0 Å². The lowest BCUT2D eigenvalue weighted by atomic mass is 10.1. The summed E-state index contributed by atoms with van der Waals surface area (Å²) in [4.78, 5) is 21.2. The van der Waals surface area contributed by atoms with Crippen LogP contribution in [-0.2, 0) is 9.59 Å². The second kappa shape index (κ2) is 2.05. The first kappa shape index (κ1) is 6.07. The molecule has 0 aromatic rings. The van der Waals surface area contributed by atoms with E-state index in [0.29, 0.717) is 6.42 Å². The highest BCUT2D eigenvalue weighted by molar-refractivity contribution is 6.04. The lowest BCUT2D eigenvalue weighted by molar-refractivity contribution is -0.128. The third-order valence-electron chi connectivity index (χ3n) is 1.30. The van der Waals surface area contributed by atoms with Crippen LogP contribution >= 0.6 is 0 Å². The van der Waals surface area contributed by atoms with Crippen LogP contribution in [0.25, 0.3) is 0 Å². The van der Waals surface area contributed by atoms with Crippen molar-refractivity contribution in [3.8, 4) is 0 Å². The first-order valence-corrected chi connectivity index (χ1v) is 2.80. The van der Waals surface area contributed by atoms with Crippen LogP contribution in [0.3, 0.4) is 0 Å². The van der Waals surface area contributed by atoms with E-state index in [9.17, 15) is 9.59 Å². The molecule has 4 heteroatoms. The van der Waals surface area contributed by atoms with Crippen LogP contribution in [0.1, 0.15) is 13.3 Å². The van der Waals surface area contributed by atoms with Crippen molar-refractivity contribution in [3.63, 3.8) is 0 Å². The molecule has 1 N–H and O–H groups in total. The number of nitrogens with one attached hydrogen (secondary N) is 1. The average molecular weight is 127 g/mol. The maximum Gasteiger partial charge on any atom is 0.274 e. The molecule has 9 heavy (non-hydrogen) atoms. The van der Waals surface area contributed by atoms with Gasteiger partial charge in [-0.05, 0) is 6.42 Å². The largest absolute Gasteiger partial charge is 0.274 e. The van der Waals surface area contributed by atoms with Gasteiger partial charge in [0, 0.05) is 0 Å². The lowest BCUT2D eigenvalue weighted by Gasteiger charge is -1.93. The van der Waals surface area contributed by atoms with Gasteiger partial charge in [0.2, 0.25) is 0 Å². The smallest absolute Gasteiger partial charge is 0.272 e. The molecule has 0 aromatic carbocycles. The monoisotopic (exact) mass is 127 g/mol. The zero-order valence-electron chi connectivity index (χ0n) is 5.05. The molecular weight excluding hydrogens is 120 g/mol. The van der Waals surface area contributed by atoms with Gasteiger partial charge in [-0.1, -0.05) is 6.92 Å². The molecule has 1 heterocycles. The highest BCUT2D eigenvalue weighted by atomic mass is 16.2. The topological polar surface area (TPSA) is 60.3 Å². The Balaban J connectivity index is 2.66. The molecule has 1 saturated heterocycles. The quantitative estimate of drug-likeness (QED) is 0.468. The van der Waals surface area contributed by atoms with E-state index in [1.54, 1.807) is 6.92 Å². The van der Waals surface area contributed by atoms with Crippen LogP contribution < -0.4 is 10.9 Å². The van der Waals surface area contributed by atoms with Crippen LogP contribution in [-0.4, -0.2) is 11.8 Å². The van der Waals surface area contributed by atoms with Gasteiger partial charge in [0.25, 0.3) is 11.8 Å². The molecule has 1 aliphatic rings. The van der Waals surface area contributed by atoms with E-state index in [1.165, 1.54) is 0 Å². The maximum absolute atomic E-state index is 10.6.